The van der Waals surface area contributed by atoms with Gasteiger partial charge in [-0.1, -0.05) is 19.9 Å². The molecule has 5 nitrogen and oxygen atoms in total. The molecule has 110 valence electrons. The van der Waals surface area contributed by atoms with Gasteiger partial charge in [0.05, 0.1) is 0 Å². The number of rotatable bonds is 6. The Morgan fingerprint density at radius 3 is 2.21 bits per heavy atom. The number of hydrogen-bond donors (Lipinski definition) is 2. The SMILES string of the molecule is C=CC[C@@](CC(C)C)(NC(=O)OC(C)(C)C)C(=O)O. The van der Waals surface area contributed by atoms with Crippen molar-refractivity contribution in [3.8, 4) is 0 Å². The molecule has 0 radical (unpaired) electrons. The third-order valence-corrected chi connectivity index (χ3v) is 2.40. The normalized spacial score (nSPS) is 14.6. The second kappa shape index (κ2) is 6.59. The Balaban J connectivity index is 5.07. The van der Waals surface area contributed by atoms with Crippen molar-refractivity contribution in [3.63, 3.8) is 0 Å². The van der Waals surface area contributed by atoms with Crippen LogP contribution < -0.4 is 5.32 Å². The van der Waals surface area contributed by atoms with Gasteiger partial charge in [0.25, 0.3) is 0 Å². The smallest absolute Gasteiger partial charge is 0.408 e. The third-order valence-electron chi connectivity index (χ3n) is 2.40. The van der Waals surface area contributed by atoms with Crippen LogP contribution in [0.5, 0.6) is 0 Å². The van der Waals surface area contributed by atoms with Gasteiger partial charge in [-0.05, 0) is 39.5 Å². The van der Waals surface area contributed by atoms with Gasteiger partial charge in [0, 0.05) is 0 Å². The second-order valence-electron chi connectivity index (χ2n) is 6.10. The molecule has 0 bridgehead atoms. The first-order valence-corrected chi connectivity index (χ1v) is 6.38. The van der Waals surface area contributed by atoms with Crippen molar-refractivity contribution in [2.45, 2.75) is 58.6 Å². The number of alkyl carbamates (subject to hydrolysis) is 1. The molecule has 19 heavy (non-hydrogen) atoms. The van der Waals surface area contributed by atoms with E-state index in [-0.39, 0.29) is 12.3 Å². The van der Waals surface area contributed by atoms with Gasteiger partial charge in [0.15, 0.2) is 0 Å². The first-order chi connectivity index (χ1) is 8.52. The zero-order chi connectivity index (χ0) is 15.3. The second-order valence-corrected chi connectivity index (χ2v) is 6.10. The number of carboxylic acids is 1. The average Bonchev–Trinajstić information content (AvgIpc) is 2.12. The van der Waals surface area contributed by atoms with E-state index in [4.69, 9.17) is 4.74 Å². The van der Waals surface area contributed by atoms with Crippen LogP contribution in [-0.4, -0.2) is 28.3 Å². The van der Waals surface area contributed by atoms with Gasteiger partial charge in [0.1, 0.15) is 11.1 Å². The van der Waals surface area contributed by atoms with E-state index in [1.807, 2.05) is 13.8 Å². The van der Waals surface area contributed by atoms with Crippen molar-refractivity contribution in [1.29, 1.82) is 0 Å². The van der Waals surface area contributed by atoms with Gasteiger partial charge in [-0.25, -0.2) is 9.59 Å². The molecule has 0 aromatic rings. The van der Waals surface area contributed by atoms with Gasteiger partial charge in [0.2, 0.25) is 0 Å². The highest BCUT2D eigenvalue weighted by molar-refractivity contribution is 5.84. The fourth-order valence-corrected chi connectivity index (χ4v) is 1.86. The molecular formula is C14H25NO4. The maximum absolute atomic E-state index is 11.8. The molecule has 2 N–H and O–H groups in total. The van der Waals surface area contributed by atoms with Crippen LogP contribution in [0, 0.1) is 5.92 Å². The van der Waals surface area contributed by atoms with Crippen molar-refractivity contribution in [2.75, 3.05) is 0 Å². The van der Waals surface area contributed by atoms with E-state index in [9.17, 15) is 14.7 Å². The van der Waals surface area contributed by atoms with E-state index in [2.05, 4.69) is 11.9 Å². The van der Waals surface area contributed by atoms with Crippen LogP contribution in [0.2, 0.25) is 0 Å². The zero-order valence-electron chi connectivity index (χ0n) is 12.4. The number of aliphatic carboxylic acids is 1. The Hall–Kier alpha value is -1.52. The maximum atomic E-state index is 11.8. The largest absolute Gasteiger partial charge is 0.479 e. The van der Waals surface area contributed by atoms with Crippen molar-refractivity contribution in [2.24, 2.45) is 5.92 Å². The highest BCUT2D eigenvalue weighted by atomic mass is 16.6. The number of amides is 1. The van der Waals surface area contributed by atoms with Gasteiger partial charge in [-0.3, -0.25) is 0 Å². The summed E-state index contributed by atoms with van der Waals surface area (Å²) in [5.74, 6) is -0.960. The fourth-order valence-electron chi connectivity index (χ4n) is 1.86. The van der Waals surface area contributed by atoms with Crippen molar-refractivity contribution in [1.82, 2.24) is 5.32 Å². The lowest BCUT2D eigenvalue weighted by molar-refractivity contribution is -0.145. The Kier molecular flexibility index (Phi) is 6.06. The number of carboxylic acid groups (broad SMARTS) is 1. The highest BCUT2D eigenvalue weighted by Gasteiger charge is 2.40. The summed E-state index contributed by atoms with van der Waals surface area (Å²) in [6, 6.07) is 0. The number of carbonyl (C=O) groups is 2. The number of ether oxygens (including phenoxy) is 1. The van der Waals surface area contributed by atoms with Gasteiger partial charge in [-0.15, -0.1) is 6.58 Å². The number of carbonyl (C=O) groups excluding carboxylic acids is 1. The van der Waals surface area contributed by atoms with Crippen molar-refractivity contribution >= 4 is 12.1 Å². The summed E-state index contributed by atoms with van der Waals surface area (Å²) in [7, 11) is 0. The van der Waals surface area contributed by atoms with Crippen molar-refractivity contribution < 1.29 is 19.4 Å². The van der Waals surface area contributed by atoms with Crippen LogP contribution in [0.25, 0.3) is 0 Å². The van der Waals surface area contributed by atoms with Gasteiger partial charge >= 0.3 is 12.1 Å². The summed E-state index contributed by atoms with van der Waals surface area (Å²) >= 11 is 0. The molecular weight excluding hydrogens is 246 g/mol. The monoisotopic (exact) mass is 271 g/mol. The molecule has 0 saturated heterocycles. The fraction of sp³-hybridized carbons (Fsp3) is 0.714. The molecule has 0 spiro atoms. The Morgan fingerprint density at radius 1 is 1.37 bits per heavy atom. The van der Waals surface area contributed by atoms with E-state index >= 15 is 0 Å². The lowest BCUT2D eigenvalue weighted by Crippen LogP contribution is -2.56. The van der Waals surface area contributed by atoms with Crippen LogP contribution in [0.1, 0.15) is 47.5 Å². The minimum Gasteiger partial charge on any atom is -0.479 e. The minimum atomic E-state index is -1.36. The standard InChI is InChI=1S/C14H25NO4/c1-7-8-14(11(16)17,9-10(2)3)15-12(18)19-13(4,5)6/h7,10H,1,8-9H2,2-6H3,(H,15,18)(H,16,17)/t14-/m0/s1. The molecule has 0 saturated carbocycles. The molecule has 0 fully saturated rings. The summed E-state index contributed by atoms with van der Waals surface area (Å²) in [5, 5.41) is 11.9. The summed E-state index contributed by atoms with van der Waals surface area (Å²) in [4.78, 5) is 23.3. The molecule has 0 aromatic heterocycles. The molecule has 0 aliphatic rings. The van der Waals surface area contributed by atoms with E-state index in [0.29, 0.717) is 6.42 Å². The van der Waals surface area contributed by atoms with Crippen LogP contribution in [0.3, 0.4) is 0 Å². The predicted molar refractivity (Wildman–Crippen MR) is 74.0 cm³/mol. The maximum Gasteiger partial charge on any atom is 0.408 e. The average molecular weight is 271 g/mol. The third kappa shape index (κ3) is 6.27. The molecule has 0 aromatic carbocycles. The molecule has 0 aliphatic carbocycles. The molecule has 1 atom stereocenters. The highest BCUT2D eigenvalue weighted by Crippen LogP contribution is 2.23. The Labute approximate surface area is 115 Å². The summed E-state index contributed by atoms with van der Waals surface area (Å²) in [5.41, 5.74) is -2.03. The summed E-state index contributed by atoms with van der Waals surface area (Å²) in [6.45, 7) is 12.5. The molecule has 0 heterocycles. The van der Waals surface area contributed by atoms with Crippen LogP contribution in [-0.2, 0) is 9.53 Å². The van der Waals surface area contributed by atoms with Crippen LogP contribution in [0.4, 0.5) is 4.79 Å². The van der Waals surface area contributed by atoms with Crippen LogP contribution >= 0.6 is 0 Å². The molecule has 0 unspecified atom stereocenters. The van der Waals surface area contributed by atoms with Crippen LogP contribution in [0.15, 0.2) is 12.7 Å². The molecule has 0 rings (SSSR count). The Bertz CT molecular complexity index is 344. The van der Waals surface area contributed by atoms with Gasteiger partial charge in [-0.2, -0.15) is 0 Å². The number of hydrogen-bond acceptors (Lipinski definition) is 3. The quantitative estimate of drug-likeness (QED) is 0.728. The zero-order valence-corrected chi connectivity index (χ0v) is 12.4. The topological polar surface area (TPSA) is 75.6 Å². The van der Waals surface area contributed by atoms with E-state index < -0.39 is 23.2 Å². The Morgan fingerprint density at radius 2 is 1.89 bits per heavy atom. The molecule has 5 heteroatoms. The first-order valence-electron chi connectivity index (χ1n) is 6.38. The lowest BCUT2D eigenvalue weighted by atomic mass is 9.86. The van der Waals surface area contributed by atoms with E-state index in [0.717, 1.165) is 0 Å². The van der Waals surface area contributed by atoms with E-state index in [1.165, 1.54) is 6.08 Å². The number of nitrogens with one attached hydrogen (secondary N) is 1. The summed E-state index contributed by atoms with van der Waals surface area (Å²) in [6.07, 6.45) is 1.23. The molecule has 0 aliphatic heterocycles. The van der Waals surface area contributed by atoms with E-state index in [1.54, 1.807) is 20.8 Å². The van der Waals surface area contributed by atoms with Gasteiger partial charge < -0.3 is 15.2 Å². The predicted octanol–water partition coefficient (Wildman–Crippen LogP) is 2.96. The van der Waals surface area contributed by atoms with Crippen molar-refractivity contribution in [3.05, 3.63) is 12.7 Å². The summed E-state index contributed by atoms with van der Waals surface area (Å²) < 4.78 is 5.12. The first kappa shape index (κ1) is 17.5. The molecule has 1 amide bonds. The minimum absolute atomic E-state index is 0.117. The lowest BCUT2D eigenvalue weighted by Gasteiger charge is -2.32.